The minimum absolute atomic E-state index is 0.0158. The van der Waals surface area contributed by atoms with Gasteiger partial charge in [-0.05, 0) is 57.4 Å². The molecule has 2 rings (SSSR count). The van der Waals surface area contributed by atoms with Crippen molar-refractivity contribution in [2.45, 2.75) is 58.8 Å². The Morgan fingerprint density at radius 3 is 2.19 bits per heavy atom. The van der Waals surface area contributed by atoms with Crippen LogP contribution >= 0.6 is 0 Å². The quantitative estimate of drug-likeness (QED) is 0.355. The van der Waals surface area contributed by atoms with Crippen LogP contribution < -0.4 is 15.4 Å². The highest BCUT2D eigenvalue weighted by Gasteiger charge is 2.12. The van der Waals surface area contributed by atoms with Gasteiger partial charge in [-0.25, -0.2) is 4.79 Å². The van der Waals surface area contributed by atoms with Crippen molar-refractivity contribution in [2.24, 2.45) is 0 Å². The van der Waals surface area contributed by atoms with Gasteiger partial charge in [0.25, 0.3) is 0 Å². The van der Waals surface area contributed by atoms with Crippen LogP contribution in [0.2, 0.25) is 0 Å². The van der Waals surface area contributed by atoms with E-state index in [9.17, 15) is 9.59 Å². The number of carbonyl (C=O) groups is 2. The molecule has 0 radical (unpaired) electrons. The summed E-state index contributed by atoms with van der Waals surface area (Å²) in [4.78, 5) is 23.8. The zero-order valence-corrected chi connectivity index (χ0v) is 21.9. The van der Waals surface area contributed by atoms with Gasteiger partial charge in [-0.2, -0.15) is 0 Å². The van der Waals surface area contributed by atoms with E-state index in [1.807, 2.05) is 82.3 Å². The van der Waals surface area contributed by atoms with Crippen molar-refractivity contribution in [2.75, 3.05) is 33.0 Å². The van der Waals surface area contributed by atoms with Gasteiger partial charge in [-0.15, -0.1) is 0 Å². The standard InChI is InChI=1S/C28H40N2O6/c1-22(20-23-10-12-25(13-11-23)36-28(2,3)4)30-26(31)14-16-33-18-19-34-17-15-29-27(32)35-21-24-8-6-5-7-9-24/h5-13,22H,14-21H2,1-4H3,(H,29,32)(H,30,31)/t22-/m0/s1. The van der Waals surface area contributed by atoms with Crippen LogP contribution in [0.25, 0.3) is 0 Å². The largest absolute Gasteiger partial charge is 0.488 e. The molecule has 1 atom stereocenters. The van der Waals surface area contributed by atoms with Crippen LogP contribution in [0.4, 0.5) is 4.79 Å². The molecule has 0 fully saturated rings. The number of amides is 2. The van der Waals surface area contributed by atoms with E-state index in [0.29, 0.717) is 33.0 Å². The van der Waals surface area contributed by atoms with Crippen molar-refractivity contribution in [1.29, 1.82) is 0 Å². The van der Waals surface area contributed by atoms with E-state index in [4.69, 9.17) is 18.9 Å². The molecule has 0 aromatic heterocycles. The molecule has 0 saturated heterocycles. The zero-order chi connectivity index (χ0) is 26.2. The van der Waals surface area contributed by atoms with Crippen molar-refractivity contribution < 1.29 is 28.5 Å². The number of benzene rings is 2. The number of hydrogen-bond acceptors (Lipinski definition) is 6. The molecule has 0 aliphatic heterocycles. The minimum atomic E-state index is -0.481. The summed E-state index contributed by atoms with van der Waals surface area (Å²) in [6.45, 7) is 10.0. The van der Waals surface area contributed by atoms with Gasteiger partial charge in [0.05, 0.1) is 26.4 Å². The van der Waals surface area contributed by atoms with Gasteiger partial charge in [0, 0.05) is 19.0 Å². The first-order valence-corrected chi connectivity index (χ1v) is 12.4. The van der Waals surface area contributed by atoms with Crippen molar-refractivity contribution in [3.63, 3.8) is 0 Å². The fraction of sp³-hybridized carbons (Fsp3) is 0.500. The number of ether oxygens (including phenoxy) is 4. The summed E-state index contributed by atoms with van der Waals surface area (Å²) >= 11 is 0. The number of alkyl carbamates (subject to hydrolysis) is 1. The van der Waals surface area contributed by atoms with Gasteiger partial charge >= 0.3 is 6.09 Å². The Bertz CT molecular complexity index is 897. The van der Waals surface area contributed by atoms with Crippen LogP contribution in [-0.4, -0.2) is 56.6 Å². The van der Waals surface area contributed by atoms with E-state index in [-0.39, 0.29) is 30.6 Å². The SMILES string of the molecule is C[C@@H](Cc1ccc(OC(C)(C)C)cc1)NC(=O)CCOCCOCCNC(=O)OCc1ccccc1. The van der Waals surface area contributed by atoms with Crippen LogP contribution in [0.5, 0.6) is 5.75 Å². The first kappa shape index (κ1) is 29.1. The van der Waals surface area contributed by atoms with Gasteiger partial charge in [0.15, 0.2) is 0 Å². The molecule has 2 aromatic rings. The molecule has 2 aromatic carbocycles. The fourth-order valence-electron chi connectivity index (χ4n) is 3.28. The predicted molar refractivity (Wildman–Crippen MR) is 139 cm³/mol. The zero-order valence-electron chi connectivity index (χ0n) is 21.9. The summed E-state index contributed by atoms with van der Waals surface area (Å²) in [6.07, 6.45) is 0.548. The summed E-state index contributed by atoms with van der Waals surface area (Å²) in [7, 11) is 0. The number of hydrogen-bond donors (Lipinski definition) is 2. The molecule has 0 aliphatic carbocycles. The second-order valence-electron chi connectivity index (χ2n) is 9.49. The summed E-state index contributed by atoms with van der Waals surface area (Å²) in [6, 6.07) is 17.5. The van der Waals surface area contributed by atoms with Gasteiger partial charge in [-0.3, -0.25) is 4.79 Å². The maximum absolute atomic E-state index is 12.1. The van der Waals surface area contributed by atoms with Crippen LogP contribution in [0, 0.1) is 0 Å². The molecule has 8 heteroatoms. The lowest BCUT2D eigenvalue weighted by atomic mass is 10.1. The second-order valence-corrected chi connectivity index (χ2v) is 9.49. The second kappa shape index (κ2) is 15.8. The Kier molecular flexibility index (Phi) is 12.8. The number of nitrogens with one attached hydrogen (secondary N) is 2. The Balaban J connectivity index is 1.44. The van der Waals surface area contributed by atoms with Crippen LogP contribution in [-0.2, 0) is 32.0 Å². The van der Waals surface area contributed by atoms with Gasteiger partial charge in [-0.1, -0.05) is 42.5 Å². The Labute approximate surface area is 214 Å². The molecule has 0 aliphatic rings. The molecule has 0 saturated carbocycles. The van der Waals surface area contributed by atoms with Crippen LogP contribution in [0.1, 0.15) is 45.2 Å². The molecule has 0 spiro atoms. The van der Waals surface area contributed by atoms with E-state index in [1.165, 1.54) is 0 Å². The highest BCUT2D eigenvalue weighted by molar-refractivity contribution is 5.76. The van der Waals surface area contributed by atoms with E-state index < -0.39 is 6.09 Å². The minimum Gasteiger partial charge on any atom is -0.488 e. The van der Waals surface area contributed by atoms with Crippen LogP contribution in [0.15, 0.2) is 54.6 Å². The molecular formula is C28H40N2O6. The monoisotopic (exact) mass is 500 g/mol. The lowest BCUT2D eigenvalue weighted by Crippen LogP contribution is -2.34. The molecule has 0 unspecified atom stereocenters. The maximum atomic E-state index is 12.1. The molecule has 0 heterocycles. The molecule has 2 amide bonds. The maximum Gasteiger partial charge on any atom is 0.407 e. The summed E-state index contributed by atoms with van der Waals surface area (Å²) in [5.41, 5.74) is 1.84. The fourth-order valence-corrected chi connectivity index (χ4v) is 3.28. The third-order valence-electron chi connectivity index (χ3n) is 4.87. The van der Waals surface area contributed by atoms with Crippen molar-refractivity contribution in [3.8, 4) is 5.75 Å². The Morgan fingerprint density at radius 1 is 0.861 bits per heavy atom. The predicted octanol–water partition coefficient (Wildman–Crippen LogP) is 4.26. The average Bonchev–Trinajstić information content (AvgIpc) is 2.82. The number of carbonyl (C=O) groups excluding carboxylic acids is 2. The third kappa shape index (κ3) is 13.7. The summed E-state index contributed by atoms with van der Waals surface area (Å²) in [5.74, 6) is 0.788. The van der Waals surface area contributed by atoms with E-state index >= 15 is 0 Å². The van der Waals surface area contributed by atoms with E-state index in [2.05, 4.69) is 10.6 Å². The Morgan fingerprint density at radius 2 is 1.53 bits per heavy atom. The molecule has 0 bridgehead atoms. The first-order valence-electron chi connectivity index (χ1n) is 12.4. The molecule has 198 valence electrons. The normalized spacial score (nSPS) is 12.0. The van der Waals surface area contributed by atoms with Gasteiger partial charge < -0.3 is 29.6 Å². The average molecular weight is 501 g/mol. The first-order chi connectivity index (χ1) is 17.2. The van der Waals surface area contributed by atoms with Crippen molar-refractivity contribution >= 4 is 12.0 Å². The molecule has 2 N–H and O–H groups in total. The molecule has 36 heavy (non-hydrogen) atoms. The van der Waals surface area contributed by atoms with Crippen LogP contribution in [0.3, 0.4) is 0 Å². The summed E-state index contributed by atoms with van der Waals surface area (Å²) in [5, 5.41) is 5.63. The lowest BCUT2D eigenvalue weighted by molar-refractivity contribution is -0.122. The van der Waals surface area contributed by atoms with E-state index in [1.54, 1.807) is 0 Å². The van der Waals surface area contributed by atoms with E-state index in [0.717, 1.165) is 23.3 Å². The smallest absolute Gasteiger partial charge is 0.407 e. The highest BCUT2D eigenvalue weighted by atomic mass is 16.5. The Hall–Kier alpha value is -3.10. The molecule has 8 nitrogen and oxygen atoms in total. The number of rotatable bonds is 15. The molecular weight excluding hydrogens is 460 g/mol. The summed E-state index contributed by atoms with van der Waals surface area (Å²) < 4.78 is 21.8. The van der Waals surface area contributed by atoms with Crippen molar-refractivity contribution in [3.05, 3.63) is 65.7 Å². The van der Waals surface area contributed by atoms with Crippen molar-refractivity contribution in [1.82, 2.24) is 10.6 Å². The topological polar surface area (TPSA) is 95.1 Å². The van der Waals surface area contributed by atoms with Gasteiger partial charge in [0.1, 0.15) is 18.0 Å². The third-order valence-corrected chi connectivity index (χ3v) is 4.87. The van der Waals surface area contributed by atoms with Gasteiger partial charge in [0.2, 0.25) is 5.91 Å². The lowest BCUT2D eigenvalue weighted by Gasteiger charge is -2.21. The highest BCUT2D eigenvalue weighted by Crippen LogP contribution is 2.19.